The van der Waals surface area contributed by atoms with Crippen LogP contribution in [0.25, 0.3) is 10.6 Å². The molecule has 1 amide bonds. The number of carbonyl (C=O) groups is 1. The molecule has 1 aliphatic heterocycles. The van der Waals surface area contributed by atoms with Gasteiger partial charge in [0.25, 0.3) is 5.91 Å². The lowest BCUT2D eigenvalue weighted by Gasteiger charge is -2.32. The molecule has 0 atom stereocenters. The van der Waals surface area contributed by atoms with E-state index in [2.05, 4.69) is 20.3 Å². The smallest absolute Gasteiger partial charge is 0.277 e. The molecule has 5 N–H and O–H groups in total. The molecule has 8 nitrogen and oxygen atoms in total. The molecule has 0 spiro atoms. The predicted octanol–water partition coefficient (Wildman–Crippen LogP) is 2.58. The molecule has 1 saturated heterocycles. The number of nitrogens with one attached hydrogen (secondary N) is 1. The fourth-order valence-electron chi connectivity index (χ4n) is 3.49. The molecule has 158 valence electrons. The van der Waals surface area contributed by atoms with Crippen molar-refractivity contribution in [1.82, 2.24) is 14.8 Å². The zero-order valence-electron chi connectivity index (χ0n) is 16.2. The predicted molar refractivity (Wildman–Crippen MR) is 112 cm³/mol. The number of hydrogen-bond donors (Lipinski definition) is 3. The van der Waals surface area contributed by atoms with Gasteiger partial charge in [-0.25, -0.2) is 13.8 Å². The number of amides is 1. The molecule has 0 bridgehead atoms. The Labute approximate surface area is 175 Å². The highest BCUT2D eigenvalue weighted by molar-refractivity contribution is 7.19. The number of aryl methyl sites for hydroxylation is 1. The van der Waals surface area contributed by atoms with Crippen molar-refractivity contribution in [3.05, 3.63) is 41.7 Å². The summed E-state index contributed by atoms with van der Waals surface area (Å²) in [6, 6.07) is 3.68. The minimum atomic E-state index is -0.770. The quantitative estimate of drug-likeness (QED) is 0.583. The summed E-state index contributed by atoms with van der Waals surface area (Å²) in [7, 11) is 1.79. The summed E-state index contributed by atoms with van der Waals surface area (Å²) in [5.41, 5.74) is 12.0. The number of rotatable bonds is 4. The largest absolute Gasteiger partial charge is 0.389 e. The Kier molecular flexibility index (Phi) is 5.39. The number of nitrogen functional groups attached to an aromatic ring is 1. The average Bonchev–Trinajstić information content (AvgIpc) is 3.25. The third-order valence-electron chi connectivity index (χ3n) is 5.04. The van der Waals surface area contributed by atoms with E-state index >= 15 is 0 Å². The maximum absolute atomic E-state index is 14.1. The lowest BCUT2D eigenvalue weighted by atomic mass is 10.1. The van der Waals surface area contributed by atoms with Gasteiger partial charge in [-0.15, -0.1) is 0 Å². The molecule has 3 heterocycles. The highest BCUT2D eigenvalue weighted by Gasteiger charge is 2.25. The van der Waals surface area contributed by atoms with E-state index in [9.17, 15) is 13.6 Å². The van der Waals surface area contributed by atoms with Gasteiger partial charge in [-0.05, 0) is 25.0 Å². The first kappa shape index (κ1) is 20.2. The summed E-state index contributed by atoms with van der Waals surface area (Å²) in [6.45, 7) is 1.50. The molecule has 0 radical (unpaired) electrons. The Morgan fingerprint density at radius 2 is 1.93 bits per heavy atom. The van der Waals surface area contributed by atoms with Crippen LogP contribution in [0.1, 0.15) is 23.3 Å². The lowest BCUT2D eigenvalue weighted by Crippen LogP contribution is -2.40. The van der Waals surface area contributed by atoms with Gasteiger partial charge in [0, 0.05) is 26.2 Å². The van der Waals surface area contributed by atoms with Crippen LogP contribution < -0.4 is 21.7 Å². The molecule has 11 heteroatoms. The summed E-state index contributed by atoms with van der Waals surface area (Å²) >= 11 is 0.853. The van der Waals surface area contributed by atoms with Gasteiger partial charge in [0.15, 0.2) is 11.5 Å². The highest BCUT2D eigenvalue weighted by atomic mass is 32.1. The van der Waals surface area contributed by atoms with Crippen molar-refractivity contribution < 1.29 is 13.6 Å². The summed E-state index contributed by atoms with van der Waals surface area (Å²) < 4.78 is 29.8. The molecule has 0 saturated carbocycles. The van der Waals surface area contributed by atoms with Crippen LogP contribution in [0.5, 0.6) is 0 Å². The second-order valence-electron chi connectivity index (χ2n) is 7.11. The van der Waals surface area contributed by atoms with Gasteiger partial charge in [0.05, 0.1) is 11.8 Å². The molecule has 3 aromatic rings. The van der Waals surface area contributed by atoms with Crippen LogP contribution in [0.3, 0.4) is 0 Å². The van der Waals surface area contributed by atoms with E-state index in [-0.39, 0.29) is 27.3 Å². The number of nitrogens with zero attached hydrogens (tertiary/aromatic N) is 4. The van der Waals surface area contributed by atoms with Crippen LogP contribution in [-0.4, -0.2) is 39.8 Å². The van der Waals surface area contributed by atoms with Crippen LogP contribution in [0, 0.1) is 11.6 Å². The van der Waals surface area contributed by atoms with E-state index in [0.29, 0.717) is 5.69 Å². The molecule has 0 aliphatic carbocycles. The summed E-state index contributed by atoms with van der Waals surface area (Å²) in [6.07, 6.45) is 3.23. The second-order valence-corrected chi connectivity index (χ2v) is 8.14. The van der Waals surface area contributed by atoms with Crippen LogP contribution in [0.15, 0.2) is 24.4 Å². The number of halogens is 2. The SMILES string of the molecule is Cn1ncc(NC(=O)c2nc(-c3c(F)cccc3F)sc2N)c1N1CCC(N)CC1. The summed E-state index contributed by atoms with van der Waals surface area (Å²) in [5, 5.41) is 7.08. The molecule has 30 heavy (non-hydrogen) atoms. The molecular formula is C19H21F2N7OS. The van der Waals surface area contributed by atoms with Gasteiger partial charge in [-0.3, -0.25) is 9.48 Å². The minimum absolute atomic E-state index is 0.00433. The van der Waals surface area contributed by atoms with E-state index < -0.39 is 17.5 Å². The molecule has 0 unspecified atom stereocenters. The van der Waals surface area contributed by atoms with Crippen molar-refractivity contribution in [3.8, 4) is 10.6 Å². The van der Waals surface area contributed by atoms with Gasteiger partial charge < -0.3 is 21.7 Å². The van der Waals surface area contributed by atoms with Gasteiger partial charge in [-0.1, -0.05) is 17.4 Å². The van der Waals surface area contributed by atoms with Crippen LogP contribution in [0.2, 0.25) is 0 Å². The number of piperidine rings is 1. The molecule has 1 aromatic carbocycles. The maximum Gasteiger partial charge on any atom is 0.277 e. The molecular weight excluding hydrogens is 412 g/mol. The lowest BCUT2D eigenvalue weighted by molar-refractivity contribution is 0.102. The van der Waals surface area contributed by atoms with Crippen molar-refractivity contribution in [1.29, 1.82) is 0 Å². The van der Waals surface area contributed by atoms with Crippen molar-refractivity contribution in [2.24, 2.45) is 12.8 Å². The first-order valence-corrected chi connectivity index (χ1v) is 10.2. The summed E-state index contributed by atoms with van der Waals surface area (Å²) in [4.78, 5) is 19.0. The number of thiazole rings is 1. The van der Waals surface area contributed by atoms with E-state index in [1.165, 1.54) is 6.07 Å². The maximum atomic E-state index is 14.1. The summed E-state index contributed by atoms with van der Waals surface area (Å²) in [5.74, 6) is -1.36. The number of benzene rings is 1. The Morgan fingerprint density at radius 1 is 1.27 bits per heavy atom. The Hall–Kier alpha value is -3.05. The molecule has 4 rings (SSSR count). The highest BCUT2D eigenvalue weighted by Crippen LogP contribution is 2.34. The van der Waals surface area contributed by atoms with Crippen molar-refractivity contribution in [2.75, 3.05) is 29.0 Å². The minimum Gasteiger partial charge on any atom is -0.389 e. The number of carbonyl (C=O) groups excluding carboxylic acids is 1. The van der Waals surface area contributed by atoms with E-state index in [1.54, 1.807) is 17.9 Å². The van der Waals surface area contributed by atoms with E-state index in [4.69, 9.17) is 11.5 Å². The molecule has 1 aliphatic rings. The molecule has 2 aromatic heterocycles. The fraction of sp³-hybridized carbons (Fsp3) is 0.316. The van der Waals surface area contributed by atoms with Gasteiger partial charge >= 0.3 is 0 Å². The first-order chi connectivity index (χ1) is 14.3. The number of anilines is 3. The average molecular weight is 433 g/mol. The number of hydrogen-bond acceptors (Lipinski definition) is 7. The van der Waals surface area contributed by atoms with Crippen molar-refractivity contribution in [2.45, 2.75) is 18.9 Å². The standard InChI is InChI=1S/C19H21F2N7OS/c1-27-19(28-7-5-10(22)6-8-28)13(9-24-27)25-17(29)15-16(23)30-18(26-15)14-11(20)3-2-4-12(14)21/h2-4,9-10H,5-8,22-23H2,1H3,(H,25,29). The number of aromatic nitrogens is 3. The Bertz CT molecular complexity index is 1070. The van der Waals surface area contributed by atoms with Crippen LogP contribution >= 0.6 is 11.3 Å². The first-order valence-electron chi connectivity index (χ1n) is 9.39. The van der Waals surface area contributed by atoms with Gasteiger partial charge in [-0.2, -0.15) is 5.10 Å². The number of nitrogens with two attached hydrogens (primary N) is 2. The Balaban J connectivity index is 1.60. The van der Waals surface area contributed by atoms with Crippen molar-refractivity contribution in [3.63, 3.8) is 0 Å². The second kappa shape index (κ2) is 8.00. The van der Waals surface area contributed by atoms with Crippen molar-refractivity contribution >= 4 is 33.8 Å². The Morgan fingerprint density at radius 3 is 2.60 bits per heavy atom. The van der Waals surface area contributed by atoms with E-state index in [1.807, 2.05) is 0 Å². The van der Waals surface area contributed by atoms with Crippen LogP contribution in [-0.2, 0) is 7.05 Å². The monoisotopic (exact) mass is 433 g/mol. The third-order valence-corrected chi connectivity index (χ3v) is 5.94. The fourth-order valence-corrected chi connectivity index (χ4v) is 4.37. The van der Waals surface area contributed by atoms with Gasteiger partial charge in [0.2, 0.25) is 0 Å². The normalized spacial score (nSPS) is 14.9. The topological polar surface area (TPSA) is 115 Å². The third kappa shape index (κ3) is 3.73. The van der Waals surface area contributed by atoms with E-state index in [0.717, 1.165) is 55.2 Å². The zero-order valence-corrected chi connectivity index (χ0v) is 17.0. The zero-order chi connectivity index (χ0) is 21.4. The van der Waals surface area contributed by atoms with Crippen LogP contribution in [0.4, 0.5) is 25.3 Å². The molecule has 1 fully saturated rings. The van der Waals surface area contributed by atoms with Gasteiger partial charge in [0.1, 0.15) is 27.3 Å².